The van der Waals surface area contributed by atoms with Crippen LogP contribution in [-0.4, -0.2) is 30.0 Å². The number of amides is 1. The van der Waals surface area contributed by atoms with Gasteiger partial charge in [-0.2, -0.15) is 13.2 Å². The molecule has 0 aromatic heterocycles. The summed E-state index contributed by atoms with van der Waals surface area (Å²) in [5.74, 6) is -1.57. The number of alkyl halides is 4. The van der Waals surface area contributed by atoms with Crippen molar-refractivity contribution in [2.45, 2.75) is 37.4 Å². The number of nitrogens with zero attached hydrogens (tertiary/aromatic N) is 1. The van der Waals surface area contributed by atoms with Gasteiger partial charge in [-0.3, -0.25) is 4.79 Å². The SMILES string of the molecule is CN(C(=O)C(N)C(=O)OCc1ccccc1C(F)(F)F)c1ccccc1COC1=Cc2cc(Cl)ccc2NC1(C)Cl. The number of carbonyl (C=O) groups excluding carboxylic acids is 2. The van der Waals surface area contributed by atoms with Crippen LogP contribution in [0.25, 0.3) is 6.08 Å². The summed E-state index contributed by atoms with van der Waals surface area (Å²) in [6.45, 7) is 1.04. The second kappa shape index (κ2) is 12.0. The van der Waals surface area contributed by atoms with Gasteiger partial charge in [0.2, 0.25) is 0 Å². The molecule has 1 heterocycles. The summed E-state index contributed by atoms with van der Waals surface area (Å²) in [7, 11) is 1.42. The third kappa shape index (κ3) is 6.95. The average molecular weight is 608 g/mol. The van der Waals surface area contributed by atoms with Crippen molar-refractivity contribution in [1.29, 1.82) is 0 Å². The van der Waals surface area contributed by atoms with Gasteiger partial charge in [-0.15, -0.1) is 0 Å². The molecule has 12 heteroatoms. The second-order valence-corrected chi connectivity index (χ2v) is 10.6. The lowest BCUT2D eigenvalue weighted by atomic mass is 10.0. The minimum absolute atomic E-state index is 0.00737. The highest BCUT2D eigenvalue weighted by Crippen LogP contribution is 2.38. The smallest absolute Gasteiger partial charge is 0.416 e. The Labute approximate surface area is 244 Å². The molecule has 0 radical (unpaired) electrons. The number of carbonyl (C=O) groups is 2. The van der Waals surface area contributed by atoms with Crippen LogP contribution in [0.5, 0.6) is 0 Å². The number of fused-ring (bicyclic) bond motifs is 1. The van der Waals surface area contributed by atoms with Crippen LogP contribution in [0.15, 0.2) is 72.5 Å². The van der Waals surface area contributed by atoms with Crippen molar-refractivity contribution in [2.24, 2.45) is 5.73 Å². The summed E-state index contributed by atoms with van der Waals surface area (Å²) in [6, 6.07) is 15.0. The number of hydrogen-bond acceptors (Lipinski definition) is 6. The van der Waals surface area contributed by atoms with Crippen molar-refractivity contribution in [3.05, 3.63) is 99.8 Å². The molecule has 3 aromatic carbocycles. The van der Waals surface area contributed by atoms with E-state index in [0.717, 1.165) is 22.2 Å². The Bertz CT molecular complexity index is 1490. The number of benzene rings is 3. The maximum atomic E-state index is 13.2. The minimum atomic E-state index is -4.63. The van der Waals surface area contributed by atoms with E-state index >= 15 is 0 Å². The zero-order chi connectivity index (χ0) is 29.9. The molecule has 0 fully saturated rings. The van der Waals surface area contributed by atoms with Crippen LogP contribution < -0.4 is 16.0 Å². The zero-order valence-corrected chi connectivity index (χ0v) is 23.5. The number of hydrogen-bond donors (Lipinski definition) is 2. The molecule has 3 N–H and O–H groups in total. The molecule has 0 saturated carbocycles. The first kappa shape index (κ1) is 30.2. The summed E-state index contributed by atoms with van der Waals surface area (Å²) < 4.78 is 50.8. The number of halogens is 5. The first-order valence-electron chi connectivity index (χ1n) is 12.3. The Balaban J connectivity index is 1.45. The summed E-state index contributed by atoms with van der Waals surface area (Å²) in [5, 5.41) is 3.73. The molecule has 2 atom stereocenters. The predicted octanol–water partition coefficient (Wildman–Crippen LogP) is 6.33. The molecule has 216 valence electrons. The number of rotatable bonds is 8. The van der Waals surface area contributed by atoms with Gasteiger partial charge in [-0.05, 0) is 43.3 Å². The van der Waals surface area contributed by atoms with Gasteiger partial charge in [0, 0.05) is 40.1 Å². The Morgan fingerprint density at radius 3 is 2.41 bits per heavy atom. The van der Waals surface area contributed by atoms with Gasteiger partial charge in [-0.1, -0.05) is 59.6 Å². The predicted molar refractivity (Wildman–Crippen MR) is 151 cm³/mol. The fourth-order valence-corrected chi connectivity index (χ4v) is 4.63. The minimum Gasteiger partial charge on any atom is -0.489 e. The van der Waals surface area contributed by atoms with Crippen LogP contribution in [0.1, 0.15) is 29.2 Å². The fourth-order valence-electron chi connectivity index (χ4n) is 4.24. The Kier molecular flexibility index (Phi) is 8.86. The quantitative estimate of drug-likeness (QED) is 0.134. The van der Waals surface area contributed by atoms with Gasteiger partial charge in [0.1, 0.15) is 19.0 Å². The van der Waals surface area contributed by atoms with E-state index in [0.29, 0.717) is 22.0 Å². The lowest BCUT2D eigenvalue weighted by Crippen LogP contribution is -2.48. The number of anilines is 2. The van der Waals surface area contributed by atoms with E-state index in [4.69, 9.17) is 38.4 Å². The van der Waals surface area contributed by atoms with Crippen LogP contribution in [0.3, 0.4) is 0 Å². The monoisotopic (exact) mass is 607 g/mol. The summed E-state index contributed by atoms with van der Waals surface area (Å²) in [6.07, 6.45) is -2.86. The standard InChI is InChI=1S/C29H26Cl2F3N3O4/c1-28(31)24(14-19-13-20(30)11-12-22(19)36-28)40-16-18-8-4-6-10-23(18)37(2)26(38)25(35)27(39)41-15-17-7-3-5-9-21(17)29(32,33)34/h3-14,25,36H,15-16,35H2,1-2H3. The summed E-state index contributed by atoms with van der Waals surface area (Å²) in [4.78, 5) is 25.7. The van der Waals surface area contributed by atoms with Crippen LogP contribution >= 0.6 is 23.2 Å². The first-order valence-corrected chi connectivity index (χ1v) is 13.1. The number of nitrogens with two attached hydrogens (primary N) is 1. The van der Waals surface area contributed by atoms with Gasteiger partial charge in [0.15, 0.2) is 11.0 Å². The van der Waals surface area contributed by atoms with Gasteiger partial charge < -0.3 is 25.4 Å². The molecule has 1 aliphatic heterocycles. The highest BCUT2D eigenvalue weighted by molar-refractivity contribution is 6.31. The van der Waals surface area contributed by atoms with Crippen molar-refractivity contribution in [1.82, 2.24) is 0 Å². The largest absolute Gasteiger partial charge is 0.489 e. The van der Waals surface area contributed by atoms with Crippen molar-refractivity contribution in [3.63, 3.8) is 0 Å². The van der Waals surface area contributed by atoms with Gasteiger partial charge in [-0.25, -0.2) is 4.79 Å². The maximum absolute atomic E-state index is 13.2. The van der Waals surface area contributed by atoms with Crippen molar-refractivity contribution in [3.8, 4) is 0 Å². The molecule has 0 spiro atoms. The van der Waals surface area contributed by atoms with Crippen LogP contribution in [0.4, 0.5) is 24.5 Å². The van der Waals surface area contributed by atoms with E-state index in [9.17, 15) is 22.8 Å². The number of para-hydroxylation sites is 1. The second-order valence-electron chi connectivity index (χ2n) is 9.42. The van der Waals surface area contributed by atoms with Gasteiger partial charge >= 0.3 is 12.1 Å². The van der Waals surface area contributed by atoms with E-state index in [-0.39, 0.29) is 12.2 Å². The zero-order valence-electron chi connectivity index (χ0n) is 22.0. The molecule has 0 saturated heterocycles. The lowest BCUT2D eigenvalue weighted by molar-refractivity contribution is -0.151. The van der Waals surface area contributed by atoms with Crippen molar-refractivity contribution in [2.75, 3.05) is 17.3 Å². The van der Waals surface area contributed by atoms with Gasteiger partial charge in [0.05, 0.1) is 5.56 Å². The third-order valence-corrected chi connectivity index (χ3v) is 6.93. The first-order chi connectivity index (χ1) is 19.3. The normalized spacial score (nSPS) is 17.0. The number of ether oxygens (including phenoxy) is 2. The Morgan fingerprint density at radius 1 is 1.05 bits per heavy atom. The molecule has 7 nitrogen and oxygen atoms in total. The molecule has 2 unspecified atom stereocenters. The van der Waals surface area contributed by atoms with Crippen LogP contribution in [0.2, 0.25) is 5.02 Å². The number of likely N-dealkylation sites (N-methyl/N-ethyl adjacent to an activating group) is 1. The average Bonchev–Trinajstić information content (AvgIpc) is 2.93. The van der Waals surface area contributed by atoms with E-state index < -0.39 is 41.3 Å². The molecule has 1 aliphatic rings. The Hall–Kier alpha value is -3.73. The molecule has 3 aromatic rings. The van der Waals surface area contributed by atoms with E-state index in [1.54, 1.807) is 49.4 Å². The molecular weight excluding hydrogens is 582 g/mol. The highest BCUT2D eigenvalue weighted by Gasteiger charge is 2.35. The molecule has 4 rings (SSSR count). The molecular formula is C29H26Cl2F3N3O4. The van der Waals surface area contributed by atoms with E-state index in [2.05, 4.69) is 5.32 Å². The third-order valence-electron chi connectivity index (χ3n) is 6.41. The topological polar surface area (TPSA) is 93.9 Å². The molecule has 41 heavy (non-hydrogen) atoms. The van der Waals surface area contributed by atoms with Gasteiger partial charge in [0.25, 0.3) is 5.91 Å². The van der Waals surface area contributed by atoms with E-state index in [1.165, 1.54) is 25.2 Å². The fraction of sp³-hybridized carbons (Fsp3) is 0.241. The van der Waals surface area contributed by atoms with E-state index in [1.807, 2.05) is 6.07 Å². The highest BCUT2D eigenvalue weighted by atomic mass is 35.5. The number of nitrogens with one attached hydrogen (secondary N) is 1. The number of esters is 1. The molecule has 0 aliphatic carbocycles. The van der Waals surface area contributed by atoms with Crippen molar-refractivity contribution < 1.29 is 32.2 Å². The van der Waals surface area contributed by atoms with Crippen LogP contribution in [0, 0.1) is 0 Å². The Morgan fingerprint density at radius 2 is 1.71 bits per heavy atom. The summed E-state index contributed by atoms with van der Waals surface area (Å²) in [5.41, 5.74) is 7.20. The maximum Gasteiger partial charge on any atom is 0.416 e. The van der Waals surface area contributed by atoms with Crippen LogP contribution in [-0.2, 0) is 38.5 Å². The summed E-state index contributed by atoms with van der Waals surface area (Å²) >= 11 is 12.8. The molecule has 0 bridgehead atoms. The van der Waals surface area contributed by atoms with Crippen molar-refractivity contribution >= 4 is 52.5 Å². The molecule has 1 amide bonds. The lowest BCUT2D eigenvalue weighted by Gasteiger charge is -2.33.